The van der Waals surface area contributed by atoms with E-state index in [0.717, 1.165) is 29.4 Å². The number of nitrogens with one attached hydrogen (secondary N) is 1. The standard InChI is InChI=1S/C18H21ClN2OS/c1-4-21(5-2)14-8-6-13(7-9-14)20-18(22)16-12-15(23-3)10-11-17(16)19/h6-12H,4-5H2,1-3H3,(H,20,22). The number of carbonyl (C=O) groups is 1. The average molecular weight is 349 g/mol. The van der Waals surface area contributed by atoms with Crippen molar-refractivity contribution in [1.29, 1.82) is 0 Å². The number of halogens is 1. The third-order valence-electron chi connectivity index (χ3n) is 3.67. The highest BCUT2D eigenvalue weighted by Gasteiger charge is 2.12. The molecule has 2 rings (SSSR count). The molecule has 0 unspecified atom stereocenters. The van der Waals surface area contributed by atoms with Gasteiger partial charge >= 0.3 is 0 Å². The van der Waals surface area contributed by atoms with E-state index in [1.807, 2.05) is 42.7 Å². The maximum absolute atomic E-state index is 12.4. The lowest BCUT2D eigenvalue weighted by Crippen LogP contribution is -2.21. The van der Waals surface area contributed by atoms with Gasteiger partial charge in [0.1, 0.15) is 0 Å². The van der Waals surface area contributed by atoms with Crippen molar-refractivity contribution < 1.29 is 4.79 Å². The molecule has 1 amide bonds. The molecule has 1 N–H and O–H groups in total. The van der Waals surface area contributed by atoms with Crippen molar-refractivity contribution in [1.82, 2.24) is 0 Å². The van der Waals surface area contributed by atoms with Gasteiger partial charge in [-0.05, 0) is 62.6 Å². The van der Waals surface area contributed by atoms with Crippen molar-refractivity contribution >= 4 is 40.6 Å². The van der Waals surface area contributed by atoms with Gasteiger partial charge in [-0.2, -0.15) is 0 Å². The van der Waals surface area contributed by atoms with Gasteiger partial charge in [0.25, 0.3) is 5.91 Å². The second kappa shape index (κ2) is 8.27. The Hall–Kier alpha value is -1.65. The normalized spacial score (nSPS) is 10.4. The number of amides is 1. The molecular formula is C18H21ClN2OS. The monoisotopic (exact) mass is 348 g/mol. The zero-order chi connectivity index (χ0) is 16.8. The third kappa shape index (κ3) is 4.43. The van der Waals surface area contributed by atoms with Crippen LogP contribution in [-0.4, -0.2) is 25.3 Å². The summed E-state index contributed by atoms with van der Waals surface area (Å²) < 4.78 is 0. The highest BCUT2D eigenvalue weighted by Crippen LogP contribution is 2.24. The first-order chi connectivity index (χ1) is 11.1. The third-order valence-corrected chi connectivity index (χ3v) is 4.73. The minimum atomic E-state index is -0.193. The van der Waals surface area contributed by atoms with E-state index in [9.17, 15) is 4.79 Å². The summed E-state index contributed by atoms with van der Waals surface area (Å²) in [6.07, 6.45) is 1.97. The number of carbonyl (C=O) groups excluding carboxylic acids is 1. The zero-order valence-electron chi connectivity index (χ0n) is 13.6. The summed E-state index contributed by atoms with van der Waals surface area (Å²) in [6, 6.07) is 13.3. The summed E-state index contributed by atoms with van der Waals surface area (Å²) in [7, 11) is 0. The summed E-state index contributed by atoms with van der Waals surface area (Å²) >= 11 is 7.72. The van der Waals surface area contributed by atoms with Gasteiger partial charge in [0.15, 0.2) is 0 Å². The van der Waals surface area contributed by atoms with E-state index in [1.54, 1.807) is 17.8 Å². The van der Waals surface area contributed by atoms with Crippen LogP contribution in [0.4, 0.5) is 11.4 Å². The minimum Gasteiger partial charge on any atom is -0.372 e. The smallest absolute Gasteiger partial charge is 0.257 e. The number of benzene rings is 2. The van der Waals surface area contributed by atoms with Crippen LogP contribution in [0.5, 0.6) is 0 Å². The Morgan fingerprint density at radius 2 is 1.78 bits per heavy atom. The predicted octanol–water partition coefficient (Wildman–Crippen LogP) is 5.16. The lowest BCUT2D eigenvalue weighted by atomic mass is 10.2. The molecule has 0 saturated heterocycles. The summed E-state index contributed by atoms with van der Waals surface area (Å²) in [5.74, 6) is -0.193. The SMILES string of the molecule is CCN(CC)c1ccc(NC(=O)c2cc(SC)ccc2Cl)cc1. The number of thioether (sulfide) groups is 1. The Balaban J connectivity index is 2.14. The highest BCUT2D eigenvalue weighted by atomic mass is 35.5. The van der Waals surface area contributed by atoms with Gasteiger partial charge in [-0.1, -0.05) is 11.6 Å². The van der Waals surface area contributed by atoms with Crippen LogP contribution in [0.1, 0.15) is 24.2 Å². The number of hydrogen-bond acceptors (Lipinski definition) is 3. The van der Waals surface area contributed by atoms with Crippen LogP contribution in [0.15, 0.2) is 47.4 Å². The number of anilines is 2. The van der Waals surface area contributed by atoms with Crippen molar-refractivity contribution in [2.45, 2.75) is 18.7 Å². The number of hydrogen-bond donors (Lipinski definition) is 1. The zero-order valence-corrected chi connectivity index (χ0v) is 15.2. The molecule has 2 aromatic carbocycles. The van der Waals surface area contributed by atoms with Crippen LogP contribution in [-0.2, 0) is 0 Å². The molecule has 0 aliphatic rings. The average Bonchev–Trinajstić information content (AvgIpc) is 2.58. The van der Waals surface area contributed by atoms with Crippen LogP contribution in [0.2, 0.25) is 5.02 Å². The lowest BCUT2D eigenvalue weighted by Gasteiger charge is -2.21. The summed E-state index contributed by atoms with van der Waals surface area (Å²) in [5, 5.41) is 3.36. The molecule has 0 bridgehead atoms. The quantitative estimate of drug-likeness (QED) is 0.732. The van der Waals surface area contributed by atoms with Crippen LogP contribution < -0.4 is 10.2 Å². The molecule has 0 heterocycles. The van der Waals surface area contributed by atoms with E-state index in [1.165, 1.54) is 0 Å². The van der Waals surface area contributed by atoms with E-state index >= 15 is 0 Å². The van der Waals surface area contributed by atoms with Crippen molar-refractivity contribution in [3.8, 4) is 0 Å². The van der Waals surface area contributed by atoms with Crippen LogP contribution >= 0.6 is 23.4 Å². The van der Waals surface area contributed by atoms with Crippen LogP contribution in [0, 0.1) is 0 Å². The van der Waals surface area contributed by atoms with Gasteiger partial charge < -0.3 is 10.2 Å². The Morgan fingerprint density at radius 3 is 2.35 bits per heavy atom. The summed E-state index contributed by atoms with van der Waals surface area (Å²) in [4.78, 5) is 15.7. The molecule has 0 saturated carbocycles. The molecule has 0 aliphatic heterocycles. The Morgan fingerprint density at radius 1 is 1.13 bits per heavy atom. The molecule has 5 heteroatoms. The van der Waals surface area contributed by atoms with Crippen molar-refractivity contribution in [2.75, 3.05) is 29.6 Å². The molecule has 0 fully saturated rings. The van der Waals surface area contributed by atoms with E-state index in [-0.39, 0.29) is 5.91 Å². The Labute approximate surface area is 147 Å². The number of rotatable bonds is 6. The summed E-state index contributed by atoms with van der Waals surface area (Å²) in [6.45, 7) is 6.17. The fourth-order valence-electron chi connectivity index (χ4n) is 2.35. The molecule has 0 aromatic heterocycles. The Kier molecular flexibility index (Phi) is 6.37. The number of nitrogens with zero attached hydrogens (tertiary/aromatic N) is 1. The van der Waals surface area contributed by atoms with Crippen molar-refractivity contribution in [3.63, 3.8) is 0 Å². The topological polar surface area (TPSA) is 32.3 Å². The van der Waals surface area contributed by atoms with E-state index < -0.39 is 0 Å². The first-order valence-electron chi connectivity index (χ1n) is 7.59. The van der Waals surface area contributed by atoms with Gasteiger partial charge in [-0.3, -0.25) is 4.79 Å². The first-order valence-corrected chi connectivity index (χ1v) is 9.19. The maximum Gasteiger partial charge on any atom is 0.257 e. The predicted molar refractivity (Wildman–Crippen MR) is 101 cm³/mol. The fourth-order valence-corrected chi connectivity index (χ4v) is 2.99. The fraction of sp³-hybridized carbons (Fsp3) is 0.278. The highest BCUT2D eigenvalue weighted by molar-refractivity contribution is 7.98. The van der Waals surface area contributed by atoms with Gasteiger partial charge in [0, 0.05) is 29.4 Å². The molecule has 122 valence electrons. The molecular weight excluding hydrogens is 328 g/mol. The van der Waals surface area contributed by atoms with E-state index in [2.05, 4.69) is 24.1 Å². The molecule has 0 radical (unpaired) electrons. The largest absolute Gasteiger partial charge is 0.372 e. The van der Waals surface area contributed by atoms with Gasteiger partial charge in [0.05, 0.1) is 10.6 Å². The maximum atomic E-state index is 12.4. The molecule has 0 aliphatic carbocycles. The lowest BCUT2D eigenvalue weighted by molar-refractivity contribution is 0.102. The van der Waals surface area contributed by atoms with Crippen molar-refractivity contribution in [3.05, 3.63) is 53.1 Å². The molecule has 2 aromatic rings. The van der Waals surface area contributed by atoms with E-state index in [0.29, 0.717) is 10.6 Å². The first kappa shape index (κ1) is 17.7. The second-order valence-corrected chi connectivity index (χ2v) is 6.31. The van der Waals surface area contributed by atoms with Crippen LogP contribution in [0.25, 0.3) is 0 Å². The molecule has 3 nitrogen and oxygen atoms in total. The summed E-state index contributed by atoms with van der Waals surface area (Å²) in [5.41, 5.74) is 2.40. The molecule has 0 atom stereocenters. The van der Waals surface area contributed by atoms with E-state index in [4.69, 9.17) is 11.6 Å². The van der Waals surface area contributed by atoms with Gasteiger partial charge in [0.2, 0.25) is 0 Å². The molecule has 23 heavy (non-hydrogen) atoms. The minimum absolute atomic E-state index is 0.193. The molecule has 0 spiro atoms. The Bertz CT molecular complexity index is 669. The second-order valence-electron chi connectivity index (χ2n) is 5.02. The van der Waals surface area contributed by atoms with Crippen molar-refractivity contribution in [2.24, 2.45) is 0 Å². The van der Waals surface area contributed by atoms with Gasteiger partial charge in [-0.15, -0.1) is 11.8 Å². The van der Waals surface area contributed by atoms with Crippen LogP contribution in [0.3, 0.4) is 0 Å². The van der Waals surface area contributed by atoms with Gasteiger partial charge in [-0.25, -0.2) is 0 Å².